The first-order chi connectivity index (χ1) is 10.7. The van der Waals surface area contributed by atoms with E-state index < -0.39 is 0 Å². The van der Waals surface area contributed by atoms with Crippen molar-refractivity contribution in [2.24, 2.45) is 0 Å². The normalized spacial score (nSPS) is 20.9. The topological polar surface area (TPSA) is 16.0 Å². The third-order valence-electron chi connectivity index (χ3n) is 4.61. The summed E-state index contributed by atoms with van der Waals surface area (Å²) in [6.45, 7) is 3.88. The molecule has 0 radical (unpaired) electrons. The molecule has 1 saturated heterocycles. The Morgan fingerprint density at radius 2 is 1.91 bits per heavy atom. The molecule has 3 nitrogen and oxygen atoms in total. The van der Waals surface area contributed by atoms with Gasteiger partial charge in [0.1, 0.15) is 11.7 Å². The third kappa shape index (κ3) is 2.81. The van der Waals surface area contributed by atoms with Gasteiger partial charge in [-0.1, -0.05) is 18.6 Å². The lowest BCUT2D eigenvalue weighted by Crippen LogP contribution is -2.39. The Bertz CT molecular complexity index is 618. The Balaban J connectivity index is 1.85. The maximum atomic E-state index is 5.89. The van der Waals surface area contributed by atoms with Gasteiger partial charge in [-0.3, -0.25) is 0 Å². The summed E-state index contributed by atoms with van der Waals surface area (Å²) < 4.78 is 4.84. The van der Waals surface area contributed by atoms with E-state index in [1.807, 2.05) is 0 Å². The zero-order chi connectivity index (χ0) is 15.4. The van der Waals surface area contributed by atoms with Gasteiger partial charge >= 0.3 is 0 Å². The summed E-state index contributed by atoms with van der Waals surface area (Å²) in [5, 5.41) is 0. The molecule has 1 heterocycles. The van der Waals surface area contributed by atoms with Gasteiger partial charge in [0.15, 0.2) is 18.9 Å². The molecule has 3 heteroatoms. The number of ether oxygens (including phenoxy) is 1. The van der Waals surface area contributed by atoms with E-state index >= 15 is 0 Å². The van der Waals surface area contributed by atoms with Crippen LogP contribution in [-0.4, -0.2) is 38.1 Å². The Labute approximate surface area is 133 Å². The van der Waals surface area contributed by atoms with Crippen LogP contribution in [-0.2, 0) is 0 Å². The lowest BCUT2D eigenvalue weighted by Gasteiger charge is -2.30. The molecule has 0 saturated carbocycles. The Kier molecular flexibility index (Phi) is 4.33. The summed E-state index contributed by atoms with van der Waals surface area (Å²) in [7, 11) is 2.10. The average molecular weight is 296 g/mol. The molecule has 2 aliphatic rings. The number of rotatable bonds is 3. The van der Waals surface area contributed by atoms with Crippen molar-refractivity contribution in [3.05, 3.63) is 48.2 Å². The molecule has 0 aromatic heterocycles. The van der Waals surface area contributed by atoms with Gasteiger partial charge < -0.3 is 9.64 Å². The predicted octanol–water partition coefficient (Wildman–Crippen LogP) is 2.80. The van der Waals surface area contributed by atoms with Crippen LogP contribution in [0.1, 0.15) is 12.8 Å². The Hall–Kier alpha value is -2.02. The highest BCUT2D eigenvalue weighted by molar-refractivity contribution is 5.59. The number of nitrogens with zero attached hydrogens (tertiary/aromatic N) is 2. The van der Waals surface area contributed by atoms with Crippen molar-refractivity contribution < 1.29 is 4.74 Å². The number of hydrogen-bond donors (Lipinski definition) is 0. The zero-order valence-electron chi connectivity index (χ0n) is 13.2. The van der Waals surface area contributed by atoms with Gasteiger partial charge in [0, 0.05) is 24.2 Å². The molecule has 114 valence electrons. The van der Waals surface area contributed by atoms with Gasteiger partial charge in [0.2, 0.25) is 0 Å². The highest BCUT2D eigenvalue weighted by Gasteiger charge is 2.29. The minimum Gasteiger partial charge on any atom is -0.431 e. The molecule has 1 fully saturated rings. The summed E-state index contributed by atoms with van der Waals surface area (Å²) >= 11 is 0. The molecule has 0 bridgehead atoms. The first kappa shape index (κ1) is 14.9. The monoisotopic (exact) mass is 296 g/mol. The molecular formula is C19H24N2O+2. The van der Waals surface area contributed by atoms with E-state index in [1.54, 1.807) is 0 Å². The van der Waals surface area contributed by atoms with E-state index in [1.165, 1.54) is 11.4 Å². The molecule has 1 aromatic rings. The maximum Gasteiger partial charge on any atom is 0.162 e. The van der Waals surface area contributed by atoms with Crippen LogP contribution in [0.4, 0.5) is 11.4 Å². The molecule has 1 N–H and O–H groups in total. The second-order valence-electron chi connectivity index (χ2n) is 5.93. The number of allylic oxidation sites excluding steroid dienone is 4. The number of hydrogen-bond acceptors (Lipinski definition) is 1. The van der Waals surface area contributed by atoms with Crippen LogP contribution in [0, 0.1) is 12.5 Å². The van der Waals surface area contributed by atoms with Crippen molar-refractivity contribution in [2.45, 2.75) is 12.8 Å². The van der Waals surface area contributed by atoms with Gasteiger partial charge in [-0.25, -0.2) is 0 Å². The average Bonchev–Trinajstić information content (AvgIpc) is 2.63. The van der Waals surface area contributed by atoms with Crippen molar-refractivity contribution in [1.29, 1.82) is 0 Å². The standard InChI is InChI=1S/C19H23N2O/c1-3-21(2,18-7-5-4-6-8-18)19-11-9-17(10-12-19)20-13-15-22-16-14-20/h1,4-5,7,9-12H,6,8,13-16H2,2H3/q+1/p+1. The summed E-state index contributed by atoms with van der Waals surface area (Å²) in [6, 6.07) is 11.7. The quantitative estimate of drug-likeness (QED) is 0.476. The first-order valence-corrected chi connectivity index (χ1v) is 7.93. The number of aliphatic hydroxyl groups is 2. The molecular weight excluding hydrogens is 272 g/mol. The fourth-order valence-electron chi connectivity index (χ4n) is 3.11. The predicted molar refractivity (Wildman–Crippen MR) is 93.6 cm³/mol. The first-order valence-electron chi connectivity index (χ1n) is 7.93. The molecule has 0 amide bonds. The number of anilines is 1. The van der Waals surface area contributed by atoms with Crippen molar-refractivity contribution >= 4 is 11.4 Å². The molecule has 1 unspecified atom stereocenters. The molecule has 1 aliphatic carbocycles. The van der Waals surface area contributed by atoms with Gasteiger partial charge in [-0.15, -0.1) is 0 Å². The molecule has 1 atom stereocenters. The molecule has 0 spiro atoms. The van der Waals surface area contributed by atoms with Crippen LogP contribution >= 0.6 is 0 Å². The largest absolute Gasteiger partial charge is 0.431 e. The second kappa shape index (κ2) is 6.39. The van der Waals surface area contributed by atoms with Crippen LogP contribution < -0.4 is 9.38 Å². The van der Waals surface area contributed by atoms with Crippen LogP contribution in [0.3, 0.4) is 0 Å². The van der Waals surface area contributed by atoms with Crippen LogP contribution in [0.25, 0.3) is 0 Å². The van der Waals surface area contributed by atoms with E-state index in [0.717, 1.165) is 44.8 Å². The fraction of sp³-hybridized carbons (Fsp3) is 0.368. The van der Waals surface area contributed by atoms with Gasteiger partial charge in [0.25, 0.3) is 0 Å². The lowest BCUT2D eigenvalue weighted by molar-refractivity contribution is -0.0437. The summed E-state index contributed by atoms with van der Waals surface area (Å²) in [4.78, 5) is 2.39. The SMILES string of the molecule is C#C[N+](C)(C1=CC=CCC1)c1ccc(N2CC[OH+]CC2)cc1. The highest BCUT2D eigenvalue weighted by atomic mass is 16.5. The van der Waals surface area contributed by atoms with Crippen LogP contribution in [0.2, 0.25) is 0 Å². The summed E-state index contributed by atoms with van der Waals surface area (Å²) in [6.07, 6.45) is 14.4. The molecule has 22 heavy (non-hydrogen) atoms. The van der Waals surface area contributed by atoms with E-state index in [-0.39, 0.29) is 0 Å². The van der Waals surface area contributed by atoms with Gasteiger partial charge in [-0.05, 0) is 24.6 Å². The number of benzene rings is 1. The fourth-order valence-corrected chi connectivity index (χ4v) is 3.11. The van der Waals surface area contributed by atoms with Crippen LogP contribution in [0.15, 0.2) is 48.2 Å². The van der Waals surface area contributed by atoms with Gasteiger partial charge in [-0.2, -0.15) is 4.48 Å². The van der Waals surface area contributed by atoms with E-state index in [4.69, 9.17) is 6.42 Å². The number of morpholine rings is 1. The van der Waals surface area contributed by atoms with E-state index in [2.05, 4.69) is 65.2 Å². The molecule has 3 rings (SSSR count). The van der Waals surface area contributed by atoms with E-state index in [9.17, 15) is 0 Å². The zero-order valence-corrected chi connectivity index (χ0v) is 13.2. The van der Waals surface area contributed by atoms with Crippen molar-refractivity contribution in [1.82, 2.24) is 4.48 Å². The molecule has 1 aromatic carbocycles. The van der Waals surface area contributed by atoms with Gasteiger partial charge in [0.05, 0.1) is 20.1 Å². The lowest BCUT2D eigenvalue weighted by atomic mass is 10.1. The smallest absolute Gasteiger partial charge is 0.162 e. The minimum atomic E-state index is 0.444. The summed E-state index contributed by atoms with van der Waals surface area (Å²) in [5.41, 5.74) is 3.68. The Morgan fingerprint density at radius 1 is 1.18 bits per heavy atom. The third-order valence-corrected chi connectivity index (χ3v) is 4.61. The van der Waals surface area contributed by atoms with Crippen molar-refractivity contribution in [3.8, 4) is 12.5 Å². The second-order valence-corrected chi connectivity index (χ2v) is 5.93. The number of quaternary nitrogens is 1. The van der Waals surface area contributed by atoms with E-state index in [0.29, 0.717) is 4.48 Å². The van der Waals surface area contributed by atoms with Crippen LogP contribution in [0.5, 0.6) is 0 Å². The maximum absolute atomic E-state index is 5.89. The summed E-state index contributed by atoms with van der Waals surface area (Å²) in [5.74, 6) is 0. The Morgan fingerprint density at radius 3 is 2.50 bits per heavy atom. The van der Waals surface area contributed by atoms with Crippen molar-refractivity contribution in [2.75, 3.05) is 38.3 Å². The highest BCUT2D eigenvalue weighted by Crippen LogP contribution is 2.31. The minimum absolute atomic E-state index is 0.444. The van der Waals surface area contributed by atoms with Crippen molar-refractivity contribution in [3.63, 3.8) is 0 Å². The molecule has 1 aliphatic heterocycles. The number of terminal acetylenes is 1.